The molecule has 0 radical (unpaired) electrons. The van der Waals surface area contributed by atoms with Crippen LogP contribution < -0.4 is 10.1 Å². The van der Waals surface area contributed by atoms with Crippen LogP contribution >= 0.6 is 0 Å². The van der Waals surface area contributed by atoms with Gasteiger partial charge >= 0.3 is 0 Å². The third kappa shape index (κ3) is 6.38. The molecule has 1 aliphatic heterocycles. The second-order valence-electron chi connectivity index (χ2n) is 9.02. The summed E-state index contributed by atoms with van der Waals surface area (Å²) in [5.41, 5.74) is 1.50. The van der Waals surface area contributed by atoms with Gasteiger partial charge in [-0.05, 0) is 55.8 Å². The Labute approximate surface area is 203 Å². The predicted octanol–water partition coefficient (Wildman–Crippen LogP) is 1.54. The maximum atomic E-state index is 12.8. The van der Waals surface area contributed by atoms with Gasteiger partial charge in [0.15, 0.2) is 0 Å². The maximum absolute atomic E-state index is 12.8. The molecule has 186 valence electrons. The molecule has 11 heteroatoms. The maximum Gasteiger partial charge on any atom is 0.270 e. The van der Waals surface area contributed by atoms with Crippen LogP contribution in [0.15, 0.2) is 36.4 Å². The van der Waals surface area contributed by atoms with E-state index in [0.717, 1.165) is 11.3 Å². The van der Waals surface area contributed by atoms with Crippen LogP contribution in [0.3, 0.4) is 0 Å². The summed E-state index contributed by atoms with van der Waals surface area (Å²) in [5, 5.41) is 25.6. The van der Waals surface area contributed by atoms with Crippen LogP contribution in [0, 0.1) is 6.92 Å². The van der Waals surface area contributed by atoms with Gasteiger partial charge in [-0.15, -0.1) is 10.2 Å². The van der Waals surface area contributed by atoms with E-state index in [1.165, 1.54) is 4.80 Å². The summed E-state index contributed by atoms with van der Waals surface area (Å²) < 4.78 is 16.7. The van der Waals surface area contributed by atoms with Crippen LogP contribution in [0.4, 0.5) is 0 Å². The molecule has 1 fully saturated rings. The summed E-state index contributed by atoms with van der Waals surface area (Å²) >= 11 is 0. The third-order valence-electron chi connectivity index (χ3n) is 5.61. The zero-order valence-corrected chi connectivity index (χ0v) is 20.3. The normalized spacial score (nSPS) is 18.3. The molecule has 0 spiro atoms. The molecule has 1 saturated heterocycles. The Morgan fingerprint density at radius 3 is 2.80 bits per heavy atom. The molecule has 2 atom stereocenters. The van der Waals surface area contributed by atoms with E-state index in [1.807, 2.05) is 24.3 Å². The first-order chi connectivity index (χ1) is 16.7. The van der Waals surface area contributed by atoms with Crippen molar-refractivity contribution in [3.05, 3.63) is 53.3 Å². The molecule has 0 bridgehead atoms. The van der Waals surface area contributed by atoms with Gasteiger partial charge in [0.1, 0.15) is 23.7 Å². The number of aryl methyl sites for hydroxylation is 1. The molecule has 4 rings (SSSR count). The van der Waals surface area contributed by atoms with Crippen molar-refractivity contribution in [3.8, 4) is 17.1 Å². The van der Waals surface area contributed by atoms with Gasteiger partial charge in [-0.1, -0.05) is 12.1 Å². The van der Waals surface area contributed by atoms with Crippen LogP contribution in [0.25, 0.3) is 11.4 Å². The van der Waals surface area contributed by atoms with Crippen molar-refractivity contribution in [1.82, 2.24) is 30.5 Å². The molecule has 2 N–H and O–H groups in total. The molecule has 0 aliphatic carbocycles. The molecule has 3 aromatic rings. The smallest absolute Gasteiger partial charge is 0.270 e. The molecule has 0 saturated carbocycles. The monoisotopic (exact) mass is 482 g/mol. The summed E-state index contributed by atoms with van der Waals surface area (Å²) in [5.74, 6) is 0.798. The first kappa shape index (κ1) is 24.7. The average Bonchev–Trinajstić information content (AvgIpc) is 3.30. The van der Waals surface area contributed by atoms with Gasteiger partial charge in [0.2, 0.25) is 5.82 Å². The van der Waals surface area contributed by atoms with Crippen molar-refractivity contribution in [3.63, 3.8) is 0 Å². The lowest BCUT2D eigenvalue weighted by Gasteiger charge is -2.35. The van der Waals surface area contributed by atoms with E-state index < -0.39 is 5.60 Å². The minimum atomic E-state index is -0.971. The summed E-state index contributed by atoms with van der Waals surface area (Å²) in [6, 6.07) is 10.9. The number of nitrogens with one attached hydrogen (secondary N) is 1. The number of carbonyl (C=O) groups is 1. The SMILES string of the molecule is COc1cccc(CNC(=O)c2cc(-c3nnn(C[C@H]4CO[C@@H](C(C)(C)O)CO4)n3)cc(C)n2)c1. The Balaban J connectivity index is 1.39. The Morgan fingerprint density at radius 1 is 1.26 bits per heavy atom. The van der Waals surface area contributed by atoms with E-state index in [9.17, 15) is 9.90 Å². The number of hydrogen-bond acceptors (Lipinski definition) is 9. The fourth-order valence-electron chi connectivity index (χ4n) is 3.64. The summed E-state index contributed by atoms with van der Waals surface area (Å²) in [7, 11) is 1.60. The number of nitrogens with zero attached hydrogens (tertiary/aromatic N) is 5. The summed E-state index contributed by atoms with van der Waals surface area (Å²) in [6.07, 6.45) is -0.640. The predicted molar refractivity (Wildman–Crippen MR) is 126 cm³/mol. The number of aliphatic hydroxyl groups is 1. The number of methoxy groups -OCH3 is 1. The van der Waals surface area contributed by atoms with Gasteiger partial charge in [-0.2, -0.15) is 4.80 Å². The number of pyridine rings is 1. The number of carbonyl (C=O) groups excluding carboxylic acids is 1. The summed E-state index contributed by atoms with van der Waals surface area (Å²) in [6.45, 7) is 6.48. The largest absolute Gasteiger partial charge is 0.497 e. The molecule has 1 aliphatic rings. The fraction of sp³-hybridized carbons (Fsp3) is 0.458. The summed E-state index contributed by atoms with van der Waals surface area (Å²) in [4.78, 5) is 18.6. The average molecular weight is 483 g/mol. The van der Waals surface area contributed by atoms with E-state index in [0.29, 0.717) is 36.8 Å². The highest BCUT2D eigenvalue weighted by Gasteiger charge is 2.33. The van der Waals surface area contributed by atoms with Gasteiger partial charge in [0, 0.05) is 17.8 Å². The van der Waals surface area contributed by atoms with Crippen LogP contribution in [0.1, 0.15) is 35.6 Å². The van der Waals surface area contributed by atoms with Crippen LogP contribution in [0.5, 0.6) is 5.75 Å². The lowest BCUT2D eigenvalue weighted by molar-refractivity contribution is -0.192. The Bertz CT molecular complexity index is 1170. The van der Waals surface area contributed by atoms with E-state index in [-0.39, 0.29) is 30.4 Å². The minimum absolute atomic E-state index is 0.257. The lowest BCUT2D eigenvalue weighted by Crippen LogP contribution is -2.48. The second-order valence-corrected chi connectivity index (χ2v) is 9.02. The Kier molecular flexibility index (Phi) is 7.39. The number of tetrazole rings is 1. The number of hydrogen-bond donors (Lipinski definition) is 2. The first-order valence-corrected chi connectivity index (χ1v) is 11.3. The molecule has 3 heterocycles. The number of amides is 1. The molecule has 35 heavy (non-hydrogen) atoms. The van der Waals surface area contributed by atoms with Crippen molar-refractivity contribution >= 4 is 5.91 Å². The zero-order valence-electron chi connectivity index (χ0n) is 20.3. The topological polar surface area (TPSA) is 134 Å². The van der Waals surface area contributed by atoms with Gasteiger partial charge in [-0.25, -0.2) is 4.98 Å². The number of benzene rings is 1. The first-order valence-electron chi connectivity index (χ1n) is 11.3. The highest BCUT2D eigenvalue weighted by molar-refractivity contribution is 5.93. The molecule has 1 aromatic carbocycles. The van der Waals surface area contributed by atoms with Crippen molar-refractivity contribution in [2.75, 3.05) is 20.3 Å². The van der Waals surface area contributed by atoms with Gasteiger partial charge in [0.25, 0.3) is 5.91 Å². The second kappa shape index (κ2) is 10.5. The van der Waals surface area contributed by atoms with E-state index in [2.05, 4.69) is 25.7 Å². The van der Waals surface area contributed by atoms with Crippen LogP contribution in [-0.4, -0.2) is 74.3 Å². The molecule has 0 unspecified atom stereocenters. The lowest BCUT2D eigenvalue weighted by atomic mass is 10.0. The molecular formula is C24H30N6O5. The Morgan fingerprint density at radius 2 is 2.09 bits per heavy atom. The Hall–Kier alpha value is -3.41. The quantitative estimate of drug-likeness (QED) is 0.490. The minimum Gasteiger partial charge on any atom is -0.497 e. The molecular weight excluding hydrogens is 452 g/mol. The third-order valence-corrected chi connectivity index (χ3v) is 5.61. The standard InChI is InChI=1S/C24H30N6O5/c1-15-8-17(10-20(26-15)23(31)25-11-16-6-5-7-18(9-16)33-4)22-27-29-30(28-22)12-19-13-35-21(14-34-19)24(2,3)32/h5-10,19,21,32H,11-14H2,1-4H3,(H,25,31)/t19-,21+/m0/s1. The van der Waals surface area contributed by atoms with Crippen molar-refractivity contribution < 1.29 is 24.1 Å². The number of rotatable bonds is 8. The van der Waals surface area contributed by atoms with E-state index in [4.69, 9.17) is 14.2 Å². The van der Waals surface area contributed by atoms with Crippen LogP contribution in [0.2, 0.25) is 0 Å². The molecule has 11 nitrogen and oxygen atoms in total. The molecule has 1 amide bonds. The van der Waals surface area contributed by atoms with Crippen molar-refractivity contribution in [2.45, 2.75) is 51.7 Å². The number of aromatic nitrogens is 5. The highest BCUT2D eigenvalue weighted by Crippen LogP contribution is 2.20. The van der Waals surface area contributed by atoms with Gasteiger partial charge < -0.3 is 24.6 Å². The van der Waals surface area contributed by atoms with Gasteiger partial charge in [0.05, 0.1) is 32.5 Å². The van der Waals surface area contributed by atoms with Crippen molar-refractivity contribution in [1.29, 1.82) is 0 Å². The van der Waals surface area contributed by atoms with E-state index >= 15 is 0 Å². The highest BCUT2D eigenvalue weighted by atomic mass is 16.6. The van der Waals surface area contributed by atoms with E-state index in [1.54, 1.807) is 40.0 Å². The zero-order chi connectivity index (χ0) is 25.0. The van der Waals surface area contributed by atoms with Crippen LogP contribution in [-0.2, 0) is 22.6 Å². The number of ether oxygens (including phenoxy) is 3. The van der Waals surface area contributed by atoms with Crippen molar-refractivity contribution in [2.24, 2.45) is 0 Å². The fourth-order valence-corrected chi connectivity index (χ4v) is 3.64. The molecule has 2 aromatic heterocycles. The van der Waals surface area contributed by atoms with Gasteiger partial charge in [-0.3, -0.25) is 4.79 Å².